The monoisotopic (exact) mass is 300 g/mol. The van der Waals surface area contributed by atoms with E-state index in [9.17, 15) is 9.59 Å². The van der Waals surface area contributed by atoms with Crippen molar-refractivity contribution in [3.63, 3.8) is 0 Å². The van der Waals surface area contributed by atoms with Crippen molar-refractivity contribution in [2.24, 2.45) is 5.10 Å². The predicted molar refractivity (Wildman–Crippen MR) is 80.9 cm³/mol. The molecule has 1 aromatic heterocycles. The van der Waals surface area contributed by atoms with Crippen molar-refractivity contribution < 1.29 is 18.7 Å². The molecule has 0 radical (unpaired) electrons. The molecule has 114 valence electrons. The highest BCUT2D eigenvalue weighted by Crippen LogP contribution is 2.13. The van der Waals surface area contributed by atoms with E-state index in [1.807, 2.05) is 0 Å². The largest absolute Gasteiger partial charge is 0.469 e. The summed E-state index contributed by atoms with van der Waals surface area (Å²) in [6.07, 6.45) is 1.45. The number of hydrogen-bond acceptors (Lipinski definition) is 5. The second-order valence-corrected chi connectivity index (χ2v) is 4.65. The lowest BCUT2D eigenvalue weighted by Crippen LogP contribution is -2.19. The van der Waals surface area contributed by atoms with E-state index in [-0.39, 0.29) is 11.9 Å². The fourth-order valence-electron chi connectivity index (χ4n) is 1.81. The number of hydrazone groups is 1. The zero-order valence-corrected chi connectivity index (χ0v) is 12.5. The lowest BCUT2D eigenvalue weighted by molar-refractivity contribution is -0.131. The van der Waals surface area contributed by atoms with Crippen LogP contribution in [0.5, 0.6) is 5.75 Å². The van der Waals surface area contributed by atoms with E-state index in [1.165, 1.54) is 13.2 Å². The van der Waals surface area contributed by atoms with Gasteiger partial charge in [0, 0.05) is 6.92 Å². The normalized spacial score (nSPS) is 11.1. The number of ether oxygens (including phenoxy) is 1. The van der Waals surface area contributed by atoms with Gasteiger partial charge in [0.05, 0.1) is 17.5 Å². The molecular weight excluding hydrogens is 284 g/mol. The molecule has 0 aliphatic carbocycles. The molecule has 0 atom stereocenters. The van der Waals surface area contributed by atoms with Gasteiger partial charge in [0.25, 0.3) is 5.91 Å². The van der Waals surface area contributed by atoms with Crippen molar-refractivity contribution in [3.05, 3.63) is 53.5 Å². The SMILES string of the molecule is CC(=O)Oc1ccc(/C(C)=N/NC(=O)c2ccoc2C)cc1. The Hall–Kier alpha value is -2.89. The Bertz CT molecular complexity index is 714. The Kier molecular flexibility index (Phi) is 4.73. The Labute approximate surface area is 127 Å². The van der Waals surface area contributed by atoms with Gasteiger partial charge in [-0.3, -0.25) is 9.59 Å². The van der Waals surface area contributed by atoms with Gasteiger partial charge in [-0.1, -0.05) is 0 Å². The number of furan rings is 1. The number of amides is 1. The minimum absolute atomic E-state index is 0.331. The lowest BCUT2D eigenvalue weighted by atomic mass is 10.1. The van der Waals surface area contributed by atoms with Crippen molar-refractivity contribution in [3.8, 4) is 5.75 Å². The van der Waals surface area contributed by atoms with Gasteiger partial charge in [0.2, 0.25) is 0 Å². The molecule has 0 fully saturated rings. The van der Waals surface area contributed by atoms with Crippen LogP contribution in [0.15, 0.2) is 46.1 Å². The number of esters is 1. The van der Waals surface area contributed by atoms with Crippen molar-refractivity contribution in [2.75, 3.05) is 0 Å². The summed E-state index contributed by atoms with van der Waals surface area (Å²) in [5.74, 6) is 0.293. The van der Waals surface area contributed by atoms with Crippen LogP contribution in [-0.4, -0.2) is 17.6 Å². The molecule has 6 heteroatoms. The van der Waals surface area contributed by atoms with E-state index < -0.39 is 0 Å². The molecule has 1 amide bonds. The number of nitrogens with zero attached hydrogens (tertiary/aromatic N) is 1. The van der Waals surface area contributed by atoms with Gasteiger partial charge < -0.3 is 9.15 Å². The number of carbonyl (C=O) groups excluding carboxylic acids is 2. The molecule has 1 heterocycles. The number of rotatable bonds is 4. The summed E-state index contributed by atoms with van der Waals surface area (Å²) in [5, 5.41) is 4.05. The molecule has 0 spiro atoms. The highest BCUT2D eigenvalue weighted by Gasteiger charge is 2.10. The lowest BCUT2D eigenvalue weighted by Gasteiger charge is -2.04. The molecule has 2 aromatic rings. The minimum Gasteiger partial charge on any atom is -0.469 e. The summed E-state index contributed by atoms with van der Waals surface area (Å²) < 4.78 is 10.0. The first-order chi connectivity index (χ1) is 10.5. The molecule has 2 rings (SSSR count). The first-order valence-electron chi connectivity index (χ1n) is 6.65. The van der Waals surface area contributed by atoms with Gasteiger partial charge in [0.15, 0.2) is 0 Å². The molecular formula is C16H16N2O4. The van der Waals surface area contributed by atoms with Crippen molar-refractivity contribution in [1.29, 1.82) is 0 Å². The predicted octanol–water partition coefficient (Wildman–Crippen LogP) is 2.67. The van der Waals surface area contributed by atoms with E-state index >= 15 is 0 Å². The molecule has 0 aliphatic rings. The summed E-state index contributed by atoms with van der Waals surface area (Å²) in [6.45, 7) is 4.82. The van der Waals surface area contributed by atoms with Gasteiger partial charge in [-0.05, 0) is 49.7 Å². The molecule has 0 saturated carbocycles. The quantitative estimate of drug-likeness (QED) is 0.407. The van der Waals surface area contributed by atoms with Gasteiger partial charge in [-0.15, -0.1) is 0 Å². The van der Waals surface area contributed by atoms with Crippen molar-refractivity contribution >= 4 is 17.6 Å². The molecule has 1 N–H and O–H groups in total. The molecule has 6 nitrogen and oxygen atoms in total. The molecule has 0 unspecified atom stereocenters. The number of nitrogens with one attached hydrogen (secondary N) is 1. The average molecular weight is 300 g/mol. The van der Waals surface area contributed by atoms with E-state index in [0.29, 0.717) is 22.8 Å². The smallest absolute Gasteiger partial charge is 0.308 e. The van der Waals surface area contributed by atoms with Crippen LogP contribution >= 0.6 is 0 Å². The van der Waals surface area contributed by atoms with Crippen LogP contribution in [0.2, 0.25) is 0 Å². The van der Waals surface area contributed by atoms with Crippen LogP contribution < -0.4 is 10.2 Å². The van der Waals surface area contributed by atoms with E-state index in [4.69, 9.17) is 9.15 Å². The maximum Gasteiger partial charge on any atom is 0.308 e. The summed E-state index contributed by atoms with van der Waals surface area (Å²) >= 11 is 0. The molecule has 0 saturated heterocycles. The molecule has 0 aliphatic heterocycles. The Morgan fingerprint density at radius 3 is 2.36 bits per heavy atom. The Balaban J connectivity index is 2.04. The molecule has 22 heavy (non-hydrogen) atoms. The molecule has 1 aromatic carbocycles. The molecule has 0 bridgehead atoms. The van der Waals surface area contributed by atoms with Crippen LogP contribution in [0.3, 0.4) is 0 Å². The third kappa shape index (κ3) is 3.82. The van der Waals surface area contributed by atoms with E-state index in [2.05, 4.69) is 10.5 Å². The van der Waals surface area contributed by atoms with Crippen molar-refractivity contribution in [1.82, 2.24) is 5.43 Å². The van der Waals surface area contributed by atoms with Gasteiger partial charge >= 0.3 is 5.97 Å². The van der Waals surface area contributed by atoms with Crippen LogP contribution in [0, 0.1) is 6.92 Å². The summed E-state index contributed by atoms with van der Waals surface area (Å²) in [4.78, 5) is 22.8. The second-order valence-electron chi connectivity index (χ2n) is 4.65. The van der Waals surface area contributed by atoms with Crippen LogP contribution in [0.1, 0.15) is 35.5 Å². The number of carbonyl (C=O) groups is 2. The van der Waals surface area contributed by atoms with Crippen LogP contribution in [0.4, 0.5) is 0 Å². The highest BCUT2D eigenvalue weighted by molar-refractivity contribution is 6.01. The third-order valence-electron chi connectivity index (χ3n) is 2.96. The average Bonchev–Trinajstić information content (AvgIpc) is 2.91. The zero-order valence-electron chi connectivity index (χ0n) is 12.5. The van der Waals surface area contributed by atoms with Crippen LogP contribution in [0.25, 0.3) is 0 Å². The number of aryl methyl sites for hydroxylation is 1. The van der Waals surface area contributed by atoms with Crippen LogP contribution in [-0.2, 0) is 4.79 Å². The summed E-state index contributed by atoms with van der Waals surface area (Å²) in [5.41, 5.74) is 4.35. The summed E-state index contributed by atoms with van der Waals surface area (Å²) in [7, 11) is 0. The fourth-order valence-corrected chi connectivity index (χ4v) is 1.81. The first kappa shape index (κ1) is 15.5. The minimum atomic E-state index is -0.374. The van der Waals surface area contributed by atoms with Gasteiger partial charge in [-0.2, -0.15) is 5.10 Å². The maximum atomic E-state index is 11.9. The second kappa shape index (κ2) is 6.71. The first-order valence-corrected chi connectivity index (χ1v) is 6.65. The number of hydrogen-bond donors (Lipinski definition) is 1. The maximum absolute atomic E-state index is 11.9. The highest BCUT2D eigenvalue weighted by atomic mass is 16.5. The summed E-state index contributed by atoms with van der Waals surface area (Å²) in [6, 6.07) is 8.43. The topological polar surface area (TPSA) is 80.9 Å². The zero-order chi connectivity index (χ0) is 16.1. The standard InChI is InChI=1S/C16H16N2O4/c1-10(13-4-6-14(7-5-13)22-12(3)19)17-18-16(20)15-8-9-21-11(15)2/h4-9H,1-3H3,(H,18,20)/b17-10+. The fraction of sp³-hybridized carbons (Fsp3) is 0.188. The third-order valence-corrected chi connectivity index (χ3v) is 2.96. The Morgan fingerprint density at radius 2 is 1.82 bits per heavy atom. The van der Waals surface area contributed by atoms with E-state index in [1.54, 1.807) is 44.2 Å². The Morgan fingerprint density at radius 1 is 1.14 bits per heavy atom. The van der Waals surface area contributed by atoms with Gasteiger partial charge in [0.1, 0.15) is 11.5 Å². The van der Waals surface area contributed by atoms with Gasteiger partial charge in [-0.25, -0.2) is 5.43 Å². The van der Waals surface area contributed by atoms with E-state index in [0.717, 1.165) is 5.56 Å². The van der Waals surface area contributed by atoms with Crippen molar-refractivity contribution in [2.45, 2.75) is 20.8 Å². The number of benzene rings is 1.